The molecule has 0 aromatic carbocycles. The smallest absolute Gasteiger partial charge is 0.155 e. The van der Waals surface area contributed by atoms with Gasteiger partial charge in [0.25, 0.3) is 0 Å². The highest BCUT2D eigenvalue weighted by molar-refractivity contribution is 5.94. The number of nitrogens with one attached hydrogen (secondary N) is 1. The van der Waals surface area contributed by atoms with Crippen molar-refractivity contribution < 1.29 is 0 Å². The van der Waals surface area contributed by atoms with Gasteiger partial charge in [-0.3, -0.25) is 5.41 Å². The van der Waals surface area contributed by atoms with Crippen molar-refractivity contribution in [3.05, 3.63) is 29.7 Å². The van der Waals surface area contributed by atoms with Crippen LogP contribution >= 0.6 is 0 Å². The van der Waals surface area contributed by atoms with E-state index in [-0.39, 0.29) is 5.84 Å². The Morgan fingerprint density at radius 3 is 2.93 bits per heavy atom. The number of rotatable bonds is 2. The summed E-state index contributed by atoms with van der Waals surface area (Å²) in [7, 11) is 0. The van der Waals surface area contributed by atoms with E-state index in [1.54, 1.807) is 16.8 Å². The summed E-state index contributed by atoms with van der Waals surface area (Å²) < 4.78 is 1.70. The van der Waals surface area contributed by atoms with Gasteiger partial charge in [0.15, 0.2) is 11.5 Å². The molecule has 0 atom stereocenters. The molecule has 5 nitrogen and oxygen atoms in total. The number of nitrogens with two attached hydrogens (primary N) is 1. The van der Waals surface area contributed by atoms with Crippen molar-refractivity contribution in [3.8, 4) is 0 Å². The number of nitrogen functional groups attached to an aromatic ring is 1. The van der Waals surface area contributed by atoms with E-state index in [4.69, 9.17) is 11.1 Å². The van der Waals surface area contributed by atoms with Gasteiger partial charge in [-0.05, 0) is 25.0 Å². The molecular formula is C10H11N5. The standard InChI is InChI=1S/C10H11N5/c11-9(12)7-3-4-8-13-10(6-1-2-6)14-15(8)5-7/h3-6H,1-2H2,(H3,11,12). The van der Waals surface area contributed by atoms with Crippen LogP contribution in [0.5, 0.6) is 0 Å². The summed E-state index contributed by atoms with van der Waals surface area (Å²) in [6, 6.07) is 3.64. The minimum absolute atomic E-state index is 0.0559. The predicted octanol–water partition coefficient (Wildman–Crippen LogP) is 0.891. The Bertz CT molecular complexity index is 538. The molecule has 2 heterocycles. The zero-order valence-corrected chi connectivity index (χ0v) is 8.14. The van der Waals surface area contributed by atoms with Crippen molar-refractivity contribution in [2.75, 3.05) is 0 Å². The quantitative estimate of drug-likeness (QED) is 0.559. The summed E-state index contributed by atoms with van der Waals surface area (Å²) in [4.78, 5) is 4.42. The minimum Gasteiger partial charge on any atom is -0.384 e. The van der Waals surface area contributed by atoms with Crippen LogP contribution in [-0.2, 0) is 0 Å². The number of aromatic nitrogens is 3. The second-order valence-corrected chi connectivity index (χ2v) is 3.88. The summed E-state index contributed by atoms with van der Waals surface area (Å²) >= 11 is 0. The molecule has 1 aliphatic rings. The average Bonchev–Trinajstić information content (AvgIpc) is 2.97. The maximum Gasteiger partial charge on any atom is 0.155 e. The lowest BCUT2D eigenvalue weighted by Crippen LogP contribution is -2.11. The van der Waals surface area contributed by atoms with Gasteiger partial charge in [0.2, 0.25) is 0 Å². The molecule has 1 aliphatic carbocycles. The lowest BCUT2D eigenvalue weighted by atomic mass is 10.3. The van der Waals surface area contributed by atoms with Crippen LogP contribution in [0.25, 0.3) is 5.65 Å². The maximum atomic E-state index is 7.33. The second-order valence-electron chi connectivity index (χ2n) is 3.88. The molecule has 5 heteroatoms. The van der Waals surface area contributed by atoms with E-state index in [1.165, 1.54) is 12.8 Å². The van der Waals surface area contributed by atoms with Gasteiger partial charge in [-0.1, -0.05) is 0 Å². The minimum atomic E-state index is 0.0559. The van der Waals surface area contributed by atoms with Crippen molar-refractivity contribution in [2.45, 2.75) is 18.8 Å². The number of pyridine rings is 1. The largest absolute Gasteiger partial charge is 0.384 e. The molecule has 2 aromatic heterocycles. The Labute approximate surface area is 86.4 Å². The fourth-order valence-electron chi connectivity index (χ4n) is 1.57. The number of amidine groups is 1. The van der Waals surface area contributed by atoms with E-state index in [1.807, 2.05) is 6.07 Å². The summed E-state index contributed by atoms with van der Waals surface area (Å²) in [5.41, 5.74) is 6.90. The van der Waals surface area contributed by atoms with Crippen molar-refractivity contribution >= 4 is 11.5 Å². The maximum absolute atomic E-state index is 7.33. The second kappa shape index (κ2) is 2.79. The van der Waals surface area contributed by atoms with E-state index in [0.29, 0.717) is 11.5 Å². The highest BCUT2D eigenvalue weighted by Gasteiger charge is 2.27. The first kappa shape index (κ1) is 8.40. The Hall–Kier alpha value is -1.91. The summed E-state index contributed by atoms with van der Waals surface area (Å²) in [5, 5.41) is 11.7. The Morgan fingerprint density at radius 1 is 1.47 bits per heavy atom. The van der Waals surface area contributed by atoms with Crippen LogP contribution in [0.4, 0.5) is 0 Å². The van der Waals surface area contributed by atoms with Crippen LogP contribution < -0.4 is 5.73 Å². The third-order valence-corrected chi connectivity index (χ3v) is 2.60. The fourth-order valence-corrected chi connectivity index (χ4v) is 1.57. The van der Waals surface area contributed by atoms with Gasteiger partial charge < -0.3 is 5.73 Å². The number of nitrogens with zero attached hydrogens (tertiary/aromatic N) is 3. The zero-order chi connectivity index (χ0) is 10.4. The van der Waals surface area contributed by atoms with Crippen LogP contribution in [0.3, 0.4) is 0 Å². The summed E-state index contributed by atoms with van der Waals surface area (Å²) in [5.74, 6) is 1.52. The van der Waals surface area contributed by atoms with Crippen LogP contribution in [0.2, 0.25) is 0 Å². The lowest BCUT2D eigenvalue weighted by Gasteiger charge is -1.97. The monoisotopic (exact) mass is 201 g/mol. The van der Waals surface area contributed by atoms with Gasteiger partial charge in [-0.2, -0.15) is 5.10 Å². The first-order valence-electron chi connectivity index (χ1n) is 4.95. The molecule has 0 saturated heterocycles. The van der Waals surface area contributed by atoms with Crippen LogP contribution in [0.15, 0.2) is 18.3 Å². The number of hydrogen-bond acceptors (Lipinski definition) is 3. The van der Waals surface area contributed by atoms with Crippen LogP contribution in [-0.4, -0.2) is 20.4 Å². The topological polar surface area (TPSA) is 80.1 Å². The van der Waals surface area contributed by atoms with Gasteiger partial charge in [0.1, 0.15) is 5.84 Å². The first-order valence-corrected chi connectivity index (χ1v) is 4.95. The molecule has 3 N–H and O–H groups in total. The highest BCUT2D eigenvalue weighted by atomic mass is 15.3. The summed E-state index contributed by atoms with van der Waals surface area (Å²) in [6.45, 7) is 0. The van der Waals surface area contributed by atoms with Gasteiger partial charge in [-0.15, -0.1) is 0 Å². The normalized spacial score (nSPS) is 15.7. The molecule has 2 aromatic rings. The molecule has 1 saturated carbocycles. The van der Waals surface area contributed by atoms with E-state index >= 15 is 0 Å². The molecule has 0 radical (unpaired) electrons. The van der Waals surface area contributed by atoms with Crippen molar-refractivity contribution in [2.24, 2.45) is 5.73 Å². The van der Waals surface area contributed by atoms with Crippen molar-refractivity contribution in [1.82, 2.24) is 14.6 Å². The van der Waals surface area contributed by atoms with Gasteiger partial charge in [0, 0.05) is 17.7 Å². The lowest BCUT2D eigenvalue weighted by molar-refractivity contribution is 0.877. The molecule has 0 bridgehead atoms. The fraction of sp³-hybridized carbons (Fsp3) is 0.300. The molecule has 15 heavy (non-hydrogen) atoms. The predicted molar refractivity (Wildman–Crippen MR) is 56.0 cm³/mol. The first-order chi connectivity index (χ1) is 7.24. The molecule has 0 amide bonds. The molecule has 0 aliphatic heterocycles. The third-order valence-electron chi connectivity index (χ3n) is 2.60. The molecule has 76 valence electrons. The average molecular weight is 201 g/mol. The highest BCUT2D eigenvalue weighted by Crippen LogP contribution is 2.38. The third kappa shape index (κ3) is 1.36. The molecule has 0 unspecified atom stereocenters. The van der Waals surface area contributed by atoms with E-state index in [9.17, 15) is 0 Å². The molecular weight excluding hydrogens is 190 g/mol. The van der Waals surface area contributed by atoms with E-state index < -0.39 is 0 Å². The van der Waals surface area contributed by atoms with E-state index in [0.717, 1.165) is 11.5 Å². The Morgan fingerprint density at radius 2 is 2.27 bits per heavy atom. The van der Waals surface area contributed by atoms with Gasteiger partial charge in [0.05, 0.1) is 0 Å². The molecule has 0 spiro atoms. The molecule has 3 rings (SSSR count). The Kier molecular flexibility index (Phi) is 1.56. The van der Waals surface area contributed by atoms with Crippen molar-refractivity contribution in [3.63, 3.8) is 0 Å². The van der Waals surface area contributed by atoms with Crippen LogP contribution in [0, 0.1) is 5.41 Å². The van der Waals surface area contributed by atoms with E-state index in [2.05, 4.69) is 10.1 Å². The molecule has 1 fully saturated rings. The number of hydrogen-bond donors (Lipinski definition) is 2. The Balaban J connectivity index is 2.13. The van der Waals surface area contributed by atoms with Crippen LogP contribution in [0.1, 0.15) is 30.1 Å². The number of fused-ring (bicyclic) bond motifs is 1. The SMILES string of the molecule is N=C(N)c1ccc2nc(C3CC3)nn2c1. The zero-order valence-electron chi connectivity index (χ0n) is 8.14. The summed E-state index contributed by atoms with van der Waals surface area (Å²) in [6.07, 6.45) is 4.13. The van der Waals surface area contributed by atoms with Gasteiger partial charge in [-0.25, -0.2) is 9.50 Å². The van der Waals surface area contributed by atoms with Crippen molar-refractivity contribution in [1.29, 1.82) is 5.41 Å². The van der Waals surface area contributed by atoms with Gasteiger partial charge >= 0.3 is 0 Å².